The number of aryl methyl sites for hydroxylation is 3. The lowest BCUT2D eigenvalue weighted by Crippen LogP contribution is -2.13. The fourth-order valence-corrected chi connectivity index (χ4v) is 2.99. The van der Waals surface area contributed by atoms with E-state index in [-0.39, 0.29) is 5.91 Å². The molecule has 2 aromatic carbocycles. The number of nitrogens with zero attached hydrogens (tertiary/aromatic N) is 2. The van der Waals surface area contributed by atoms with E-state index in [4.69, 9.17) is 0 Å². The molecule has 0 bridgehead atoms. The van der Waals surface area contributed by atoms with Crippen molar-refractivity contribution >= 4 is 27.5 Å². The predicted octanol–water partition coefficient (Wildman–Crippen LogP) is 4.87. The smallest absolute Gasteiger partial charge is 0.255 e. The average Bonchev–Trinajstić information content (AvgIpc) is 2.88. The van der Waals surface area contributed by atoms with Gasteiger partial charge in [-0.3, -0.25) is 9.48 Å². The standard InChI is InChI=1S/C20H20BrN3O/c1-13-9-18(7-8-19(13)21)22-20(25)17-6-4-5-16(11-17)12-24-15(3)10-14(2)23-24/h4-11H,12H2,1-3H3,(H,22,25). The van der Waals surface area contributed by atoms with Gasteiger partial charge in [-0.2, -0.15) is 5.10 Å². The number of benzene rings is 2. The van der Waals surface area contributed by atoms with E-state index in [0.717, 1.165) is 32.7 Å². The van der Waals surface area contributed by atoms with Crippen LogP contribution in [-0.2, 0) is 6.54 Å². The maximum absolute atomic E-state index is 12.5. The number of halogens is 1. The van der Waals surface area contributed by atoms with Gasteiger partial charge in [0.1, 0.15) is 0 Å². The Bertz CT molecular complexity index is 930. The molecule has 0 atom stereocenters. The van der Waals surface area contributed by atoms with Crippen molar-refractivity contribution in [3.05, 3.63) is 81.1 Å². The van der Waals surface area contributed by atoms with E-state index >= 15 is 0 Å². The summed E-state index contributed by atoms with van der Waals surface area (Å²) < 4.78 is 2.97. The molecule has 1 amide bonds. The quantitative estimate of drug-likeness (QED) is 0.682. The zero-order valence-electron chi connectivity index (χ0n) is 14.5. The molecule has 0 aliphatic rings. The summed E-state index contributed by atoms with van der Waals surface area (Å²) in [5.74, 6) is -0.114. The molecule has 128 valence electrons. The first-order valence-corrected chi connectivity index (χ1v) is 8.89. The number of hydrogen-bond acceptors (Lipinski definition) is 2. The number of rotatable bonds is 4. The second-order valence-corrected chi connectivity index (χ2v) is 7.06. The Morgan fingerprint density at radius 3 is 2.60 bits per heavy atom. The van der Waals surface area contributed by atoms with Gasteiger partial charge in [0.2, 0.25) is 0 Å². The maximum Gasteiger partial charge on any atom is 0.255 e. The molecule has 0 aliphatic carbocycles. The Labute approximate surface area is 156 Å². The molecule has 1 heterocycles. The van der Waals surface area contributed by atoms with E-state index in [1.165, 1.54) is 0 Å². The third-order valence-electron chi connectivity index (χ3n) is 4.04. The summed E-state index contributed by atoms with van der Waals surface area (Å²) in [6, 6.07) is 15.5. The van der Waals surface area contributed by atoms with Gasteiger partial charge in [-0.25, -0.2) is 0 Å². The molecule has 25 heavy (non-hydrogen) atoms. The van der Waals surface area contributed by atoms with E-state index in [2.05, 4.69) is 26.3 Å². The van der Waals surface area contributed by atoms with Crippen LogP contribution in [0.2, 0.25) is 0 Å². The monoisotopic (exact) mass is 397 g/mol. The number of carbonyl (C=O) groups is 1. The van der Waals surface area contributed by atoms with Gasteiger partial charge in [0.25, 0.3) is 5.91 Å². The topological polar surface area (TPSA) is 46.9 Å². The lowest BCUT2D eigenvalue weighted by Gasteiger charge is -2.09. The molecule has 0 saturated heterocycles. The molecule has 0 fully saturated rings. The van der Waals surface area contributed by atoms with Crippen LogP contribution in [0.1, 0.15) is 32.9 Å². The summed E-state index contributed by atoms with van der Waals surface area (Å²) in [5.41, 5.74) is 5.66. The molecule has 1 aromatic heterocycles. The zero-order chi connectivity index (χ0) is 18.0. The van der Waals surface area contributed by atoms with Gasteiger partial charge in [0.05, 0.1) is 12.2 Å². The molecule has 0 radical (unpaired) electrons. The molecule has 5 heteroatoms. The number of hydrogen-bond donors (Lipinski definition) is 1. The van der Waals surface area contributed by atoms with Crippen molar-refractivity contribution in [3.63, 3.8) is 0 Å². The van der Waals surface area contributed by atoms with Crippen molar-refractivity contribution in [1.29, 1.82) is 0 Å². The third kappa shape index (κ3) is 4.17. The lowest BCUT2D eigenvalue weighted by atomic mass is 10.1. The third-order valence-corrected chi connectivity index (χ3v) is 4.93. The summed E-state index contributed by atoms with van der Waals surface area (Å²) in [7, 11) is 0. The highest BCUT2D eigenvalue weighted by atomic mass is 79.9. The molecule has 0 spiro atoms. The summed E-state index contributed by atoms with van der Waals surface area (Å²) in [6.07, 6.45) is 0. The lowest BCUT2D eigenvalue weighted by molar-refractivity contribution is 0.102. The molecule has 4 nitrogen and oxygen atoms in total. The number of anilines is 1. The molecule has 1 N–H and O–H groups in total. The normalized spacial score (nSPS) is 10.7. The minimum absolute atomic E-state index is 0.114. The number of nitrogens with one attached hydrogen (secondary N) is 1. The van der Waals surface area contributed by atoms with Gasteiger partial charge in [0, 0.05) is 21.4 Å². The minimum atomic E-state index is -0.114. The summed E-state index contributed by atoms with van der Waals surface area (Å²) in [4.78, 5) is 12.5. The van der Waals surface area contributed by atoms with Crippen LogP contribution in [0.25, 0.3) is 0 Å². The Morgan fingerprint density at radius 1 is 1.12 bits per heavy atom. The molecule has 3 rings (SSSR count). The van der Waals surface area contributed by atoms with Gasteiger partial charge < -0.3 is 5.32 Å². The van der Waals surface area contributed by atoms with Gasteiger partial charge in [-0.1, -0.05) is 28.1 Å². The van der Waals surface area contributed by atoms with Crippen molar-refractivity contribution in [1.82, 2.24) is 9.78 Å². The highest BCUT2D eigenvalue weighted by Gasteiger charge is 2.09. The van der Waals surface area contributed by atoms with Gasteiger partial charge >= 0.3 is 0 Å². The second kappa shape index (κ2) is 7.23. The van der Waals surface area contributed by atoms with Crippen LogP contribution in [0.3, 0.4) is 0 Å². The van der Waals surface area contributed by atoms with E-state index in [0.29, 0.717) is 12.1 Å². The Hall–Kier alpha value is -2.40. The molecule has 0 unspecified atom stereocenters. The van der Waals surface area contributed by atoms with Crippen LogP contribution in [0, 0.1) is 20.8 Å². The van der Waals surface area contributed by atoms with Crippen LogP contribution >= 0.6 is 15.9 Å². The predicted molar refractivity (Wildman–Crippen MR) is 104 cm³/mol. The van der Waals surface area contributed by atoms with Crippen LogP contribution < -0.4 is 5.32 Å². The van der Waals surface area contributed by atoms with Crippen LogP contribution in [0.15, 0.2) is 53.0 Å². The highest BCUT2D eigenvalue weighted by Crippen LogP contribution is 2.20. The highest BCUT2D eigenvalue weighted by molar-refractivity contribution is 9.10. The zero-order valence-corrected chi connectivity index (χ0v) is 16.1. The summed E-state index contributed by atoms with van der Waals surface area (Å²) in [6.45, 7) is 6.66. The summed E-state index contributed by atoms with van der Waals surface area (Å²) in [5, 5.41) is 7.43. The SMILES string of the molecule is Cc1cc(C)n(Cc2cccc(C(=O)Nc3ccc(Br)c(C)c3)c2)n1. The molecule has 0 saturated carbocycles. The molecular weight excluding hydrogens is 378 g/mol. The minimum Gasteiger partial charge on any atom is -0.322 e. The fourth-order valence-electron chi connectivity index (χ4n) is 2.74. The van der Waals surface area contributed by atoms with Crippen molar-refractivity contribution in [2.24, 2.45) is 0 Å². The van der Waals surface area contributed by atoms with Gasteiger partial charge in [-0.15, -0.1) is 0 Å². The fraction of sp³-hybridized carbons (Fsp3) is 0.200. The first-order valence-electron chi connectivity index (χ1n) is 8.10. The Kier molecular flexibility index (Phi) is 5.04. The van der Waals surface area contributed by atoms with Gasteiger partial charge in [0.15, 0.2) is 0 Å². The number of aromatic nitrogens is 2. The van der Waals surface area contributed by atoms with Crippen molar-refractivity contribution in [2.75, 3.05) is 5.32 Å². The maximum atomic E-state index is 12.5. The molecule has 3 aromatic rings. The van der Waals surface area contributed by atoms with Crippen molar-refractivity contribution in [2.45, 2.75) is 27.3 Å². The van der Waals surface area contributed by atoms with E-state index in [9.17, 15) is 4.79 Å². The van der Waals surface area contributed by atoms with Crippen molar-refractivity contribution in [3.8, 4) is 0 Å². The van der Waals surface area contributed by atoms with E-state index in [1.807, 2.05) is 74.0 Å². The number of amides is 1. The summed E-state index contributed by atoms with van der Waals surface area (Å²) >= 11 is 3.47. The van der Waals surface area contributed by atoms with Crippen molar-refractivity contribution < 1.29 is 4.79 Å². The Morgan fingerprint density at radius 2 is 1.92 bits per heavy atom. The van der Waals surface area contributed by atoms with Crippen LogP contribution in [0.4, 0.5) is 5.69 Å². The largest absolute Gasteiger partial charge is 0.322 e. The second-order valence-electron chi connectivity index (χ2n) is 6.20. The first-order chi connectivity index (χ1) is 11.9. The first kappa shape index (κ1) is 17.4. The Balaban J connectivity index is 1.77. The van der Waals surface area contributed by atoms with E-state index in [1.54, 1.807) is 0 Å². The van der Waals surface area contributed by atoms with Crippen LogP contribution in [0.5, 0.6) is 0 Å². The molecular formula is C20H20BrN3O. The molecule has 0 aliphatic heterocycles. The van der Waals surface area contributed by atoms with Crippen LogP contribution in [-0.4, -0.2) is 15.7 Å². The van der Waals surface area contributed by atoms with E-state index < -0.39 is 0 Å². The average molecular weight is 398 g/mol. The van der Waals surface area contributed by atoms with Gasteiger partial charge in [-0.05, 0) is 68.3 Å². The number of carbonyl (C=O) groups excluding carboxylic acids is 1.